The molecule has 7 nitrogen and oxygen atoms in total. The van der Waals surface area contributed by atoms with Gasteiger partial charge in [0.1, 0.15) is 5.82 Å². The van der Waals surface area contributed by atoms with Gasteiger partial charge in [-0.25, -0.2) is 4.98 Å². The number of amides is 1. The number of rotatable bonds is 4. The van der Waals surface area contributed by atoms with E-state index in [1.807, 2.05) is 0 Å². The molecule has 2 aromatic heterocycles. The summed E-state index contributed by atoms with van der Waals surface area (Å²) in [7, 11) is 0. The molecule has 0 unspecified atom stereocenters. The van der Waals surface area contributed by atoms with E-state index in [1.54, 1.807) is 24.5 Å². The van der Waals surface area contributed by atoms with Crippen molar-refractivity contribution in [2.24, 2.45) is 5.73 Å². The molecule has 8 heteroatoms. The molecular formula is C10H11BrN6O. The van der Waals surface area contributed by atoms with Crippen LogP contribution in [-0.4, -0.2) is 32.4 Å². The molecule has 0 aromatic carbocycles. The van der Waals surface area contributed by atoms with Crippen molar-refractivity contribution in [2.75, 3.05) is 11.9 Å². The molecule has 0 saturated heterocycles. The van der Waals surface area contributed by atoms with Crippen molar-refractivity contribution in [1.29, 1.82) is 0 Å². The van der Waals surface area contributed by atoms with Gasteiger partial charge in [0.05, 0.1) is 12.7 Å². The molecule has 3 N–H and O–H groups in total. The minimum Gasteiger partial charge on any atom is -0.329 e. The first-order chi connectivity index (χ1) is 8.69. The fraction of sp³-hybridized carbons (Fsp3) is 0.200. The van der Waals surface area contributed by atoms with Gasteiger partial charge in [0.15, 0.2) is 5.69 Å². The number of pyridine rings is 1. The van der Waals surface area contributed by atoms with Crippen molar-refractivity contribution in [3.63, 3.8) is 0 Å². The van der Waals surface area contributed by atoms with E-state index in [0.29, 0.717) is 18.9 Å². The van der Waals surface area contributed by atoms with Gasteiger partial charge in [-0.3, -0.25) is 9.48 Å². The van der Waals surface area contributed by atoms with Crippen LogP contribution in [0.3, 0.4) is 0 Å². The Hall–Kier alpha value is -1.80. The van der Waals surface area contributed by atoms with Gasteiger partial charge in [0, 0.05) is 17.2 Å². The average Bonchev–Trinajstić information content (AvgIpc) is 2.81. The smallest absolute Gasteiger partial charge is 0.278 e. The zero-order valence-corrected chi connectivity index (χ0v) is 11.0. The van der Waals surface area contributed by atoms with E-state index in [2.05, 4.69) is 36.5 Å². The Labute approximate surface area is 112 Å². The predicted molar refractivity (Wildman–Crippen MR) is 69.0 cm³/mol. The second-order valence-electron chi connectivity index (χ2n) is 3.47. The van der Waals surface area contributed by atoms with Gasteiger partial charge in [-0.1, -0.05) is 5.21 Å². The van der Waals surface area contributed by atoms with Crippen LogP contribution in [0.4, 0.5) is 5.82 Å². The lowest BCUT2D eigenvalue weighted by Gasteiger charge is -2.01. The number of carbonyl (C=O) groups excluding carboxylic acids is 1. The van der Waals surface area contributed by atoms with Crippen molar-refractivity contribution >= 4 is 27.7 Å². The lowest BCUT2D eigenvalue weighted by molar-refractivity contribution is 0.102. The van der Waals surface area contributed by atoms with Crippen LogP contribution in [0, 0.1) is 0 Å². The van der Waals surface area contributed by atoms with Crippen LogP contribution in [0.1, 0.15) is 10.5 Å². The van der Waals surface area contributed by atoms with E-state index in [0.717, 1.165) is 4.47 Å². The van der Waals surface area contributed by atoms with E-state index in [-0.39, 0.29) is 11.6 Å². The summed E-state index contributed by atoms with van der Waals surface area (Å²) in [5.74, 6) is 0.102. The molecule has 0 saturated carbocycles. The molecule has 0 aliphatic carbocycles. The summed E-state index contributed by atoms with van der Waals surface area (Å²) in [6, 6.07) is 3.47. The number of carbonyl (C=O) groups is 1. The maximum atomic E-state index is 11.8. The van der Waals surface area contributed by atoms with Crippen LogP contribution in [0.5, 0.6) is 0 Å². The summed E-state index contributed by atoms with van der Waals surface area (Å²) in [4.78, 5) is 15.8. The highest BCUT2D eigenvalue weighted by molar-refractivity contribution is 9.10. The third kappa shape index (κ3) is 3.11. The molecule has 0 atom stereocenters. The van der Waals surface area contributed by atoms with E-state index in [4.69, 9.17) is 5.73 Å². The van der Waals surface area contributed by atoms with Crippen LogP contribution >= 0.6 is 15.9 Å². The monoisotopic (exact) mass is 310 g/mol. The van der Waals surface area contributed by atoms with Crippen LogP contribution in [-0.2, 0) is 6.54 Å². The first kappa shape index (κ1) is 12.7. The largest absolute Gasteiger partial charge is 0.329 e. The summed E-state index contributed by atoms with van der Waals surface area (Å²) in [6.45, 7) is 0.968. The fourth-order valence-electron chi connectivity index (χ4n) is 1.27. The molecule has 18 heavy (non-hydrogen) atoms. The molecule has 0 aliphatic rings. The minimum absolute atomic E-state index is 0.230. The summed E-state index contributed by atoms with van der Waals surface area (Å²) in [5.41, 5.74) is 5.61. The zero-order chi connectivity index (χ0) is 13.0. The Bertz CT molecular complexity index is 538. The maximum Gasteiger partial charge on any atom is 0.278 e. The quantitative estimate of drug-likeness (QED) is 0.863. The van der Waals surface area contributed by atoms with Crippen LogP contribution in [0.15, 0.2) is 29.0 Å². The molecule has 0 fully saturated rings. The highest BCUT2D eigenvalue weighted by Crippen LogP contribution is 2.11. The van der Waals surface area contributed by atoms with Crippen molar-refractivity contribution in [2.45, 2.75) is 6.54 Å². The number of halogens is 1. The number of hydrogen-bond acceptors (Lipinski definition) is 5. The molecule has 0 spiro atoms. The number of nitrogens with zero attached hydrogens (tertiary/aromatic N) is 4. The molecule has 2 rings (SSSR count). The molecule has 1 amide bonds. The standard InChI is InChI=1S/C10H11BrN6O/c11-7-1-2-9(13-5-7)14-10(18)8-6-17(4-3-12)16-15-8/h1-2,5-6H,3-4,12H2,(H,13,14,18). The van der Waals surface area contributed by atoms with Gasteiger partial charge in [-0.15, -0.1) is 5.10 Å². The molecule has 0 aliphatic heterocycles. The normalized spacial score (nSPS) is 10.3. The first-order valence-electron chi connectivity index (χ1n) is 5.22. The van der Waals surface area contributed by atoms with E-state index in [1.165, 1.54) is 4.68 Å². The summed E-state index contributed by atoms with van der Waals surface area (Å²) in [6.07, 6.45) is 3.14. The second-order valence-corrected chi connectivity index (χ2v) is 4.39. The van der Waals surface area contributed by atoms with Crippen molar-refractivity contribution < 1.29 is 4.79 Å². The number of nitrogens with two attached hydrogens (primary N) is 1. The third-order valence-corrected chi connectivity index (χ3v) is 2.57. The SMILES string of the molecule is NCCn1cc(C(=O)Nc2ccc(Br)cn2)nn1. The Morgan fingerprint density at radius 3 is 3.00 bits per heavy atom. The molecular weight excluding hydrogens is 300 g/mol. The highest BCUT2D eigenvalue weighted by Gasteiger charge is 2.11. The second kappa shape index (κ2) is 5.69. The lowest BCUT2D eigenvalue weighted by Crippen LogP contribution is -2.13. The van der Waals surface area contributed by atoms with Gasteiger partial charge in [0.2, 0.25) is 0 Å². The molecule has 2 aromatic rings. The lowest BCUT2D eigenvalue weighted by atomic mass is 10.4. The zero-order valence-electron chi connectivity index (χ0n) is 9.38. The number of aromatic nitrogens is 4. The number of hydrogen-bond donors (Lipinski definition) is 2. The average molecular weight is 311 g/mol. The number of nitrogens with one attached hydrogen (secondary N) is 1. The summed E-state index contributed by atoms with van der Waals surface area (Å²) < 4.78 is 2.36. The maximum absolute atomic E-state index is 11.8. The molecule has 0 radical (unpaired) electrons. The van der Waals surface area contributed by atoms with Crippen LogP contribution in [0.2, 0.25) is 0 Å². The van der Waals surface area contributed by atoms with Gasteiger partial charge >= 0.3 is 0 Å². The number of anilines is 1. The predicted octanol–water partition coefficient (Wildman–Crippen LogP) is 0.647. The van der Waals surface area contributed by atoms with Crippen LogP contribution < -0.4 is 11.1 Å². The minimum atomic E-state index is -0.354. The molecule has 94 valence electrons. The first-order valence-corrected chi connectivity index (χ1v) is 6.01. The molecule has 0 bridgehead atoms. The Kier molecular flexibility index (Phi) is 4.00. The summed E-state index contributed by atoms with van der Waals surface area (Å²) >= 11 is 3.26. The summed E-state index contributed by atoms with van der Waals surface area (Å²) in [5, 5.41) is 10.2. The molecule has 2 heterocycles. The Morgan fingerprint density at radius 2 is 2.33 bits per heavy atom. The van der Waals surface area contributed by atoms with Gasteiger partial charge in [-0.2, -0.15) is 0 Å². The van der Waals surface area contributed by atoms with Gasteiger partial charge in [0.25, 0.3) is 5.91 Å². The Balaban J connectivity index is 2.04. The van der Waals surface area contributed by atoms with Gasteiger partial charge in [-0.05, 0) is 28.1 Å². The fourth-order valence-corrected chi connectivity index (χ4v) is 1.51. The van der Waals surface area contributed by atoms with E-state index in [9.17, 15) is 4.79 Å². The highest BCUT2D eigenvalue weighted by atomic mass is 79.9. The van der Waals surface area contributed by atoms with E-state index < -0.39 is 0 Å². The third-order valence-electron chi connectivity index (χ3n) is 2.10. The van der Waals surface area contributed by atoms with E-state index >= 15 is 0 Å². The Morgan fingerprint density at radius 1 is 1.50 bits per heavy atom. The van der Waals surface area contributed by atoms with Crippen molar-refractivity contribution in [1.82, 2.24) is 20.0 Å². The van der Waals surface area contributed by atoms with Crippen molar-refractivity contribution in [3.05, 3.63) is 34.7 Å². The van der Waals surface area contributed by atoms with Crippen LogP contribution in [0.25, 0.3) is 0 Å². The van der Waals surface area contributed by atoms with Gasteiger partial charge < -0.3 is 11.1 Å². The topological polar surface area (TPSA) is 98.7 Å². The van der Waals surface area contributed by atoms with Crippen molar-refractivity contribution in [3.8, 4) is 0 Å².